The lowest BCUT2D eigenvalue weighted by molar-refractivity contribution is -0.144. The van der Waals surface area contributed by atoms with Gasteiger partial charge < -0.3 is 0 Å². The highest BCUT2D eigenvalue weighted by atomic mass is 79.9. The minimum atomic E-state index is -0.795. The first-order valence-electron chi connectivity index (χ1n) is 5.80. The molecule has 2 heterocycles. The van der Waals surface area contributed by atoms with Crippen LogP contribution in [0.2, 0.25) is 0 Å². The molecule has 4 amide bonds. The molecule has 0 radical (unpaired) electrons. The fourth-order valence-electron chi connectivity index (χ4n) is 1.95. The summed E-state index contributed by atoms with van der Waals surface area (Å²) in [6, 6.07) is 1.21. The fourth-order valence-corrected chi connectivity index (χ4v) is 3.42. The Kier molecular flexibility index (Phi) is 4.05. The van der Waals surface area contributed by atoms with Crippen LogP contribution in [0.1, 0.15) is 18.7 Å². The number of urea groups is 1. The standard InChI is InChI=1S/C12H13BrN2O3S/c1-6(2)9-10(16)14-12(18)15(11(9)17)5-8-7(13)3-4-19-8/h3-4,6,9H,5H2,1-2H3,(H,14,16,18). The van der Waals surface area contributed by atoms with E-state index in [-0.39, 0.29) is 12.5 Å². The maximum atomic E-state index is 12.3. The van der Waals surface area contributed by atoms with Crippen LogP contribution in [0.25, 0.3) is 0 Å². The molecular weight excluding hydrogens is 332 g/mol. The Balaban J connectivity index is 2.24. The zero-order chi connectivity index (χ0) is 14.2. The Morgan fingerprint density at radius 1 is 1.42 bits per heavy atom. The Morgan fingerprint density at radius 3 is 2.63 bits per heavy atom. The summed E-state index contributed by atoms with van der Waals surface area (Å²) in [5.74, 6) is -1.87. The molecule has 1 N–H and O–H groups in total. The minimum absolute atomic E-state index is 0.144. The zero-order valence-corrected chi connectivity index (χ0v) is 12.9. The second-order valence-electron chi connectivity index (χ2n) is 4.63. The largest absolute Gasteiger partial charge is 0.331 e. The molecule has 1 atom stereocenters. The third-order valence-electron chi connectivity index (χ3n) is 2.95. The van der Waals surface area contributed by atoms with E-state index in [0.717, 1.165) is 14.2 Å². The molecule has 1 aromatic rings. The third-order valence-corrected chi connectivity index (χ3v) is 4.86. The van der Waals surface area contributed by atoms with Gasteiger partial charge in [-0.25, -0.2) is 4.79 Å². The van der Waals surface area contributed by atoms with Gasteiger partial charge in [-0.3, -0.25) is 19.8 Å². The van der Waals surface area contributed by atoms with Crippen molar-refractivity contribution in [2.24, 2.45) is 11.8 Å². The van der Waals surface area contributed by atoms with Crippen LogP contribution in [0.15, 0.2) is 15.9 Å². The molecule has 1 aliphatic rings. The van der Waals surface area contributed by atoms with Crippen LogP contribution in [0.5, 0.6) is 0 Å². The number of nitrogens with zero attached hydrogens (tertiary/aromatic N) is 1. The van der Waals surface area contributed by atoms with Gasteiger partial charge >= 0.3 is 6.03 Å². The number of rotatable bonds is 3. The summed E-state index contributed by atoms with van der Waals surface area (Å²) < 4.78 is 0.857. The summed E-state index contributed by atoms with van der Waals surface area (Å²) in [5.41, 5.74) is 0. The van der Waals surface area contributed by atoms with Crippen molar-refractivity contribution >= 4 is 45.1 Å². The van der Waals surface area contributed by atoms with E-state index in [1.807, 2.05) is 11.4 Å². The number of amides is 4. The van der Waals surface area contributed by atoms with Crippen molar-refractivity contribution in [3.05, 3.63) is 20.8 Å². The van der Waals surface area contributed by atoms with Crippen LogP contribution in [-0.4, -0.2) is 22.7 Å². The molecule has 0 saturated carbocycles. The summed E-state index contributed by atoms with van der Waals surface area (Å²) in [4.78, 5) is 37.7. The van der Waals surface area contributed by atoms with Gasteiger partial charge in [0.25, 0.3) is 0 Å². The van der Waals surface area contributed by atoms with E-state index in [9.17, 15) is 14.4 Å². The van der Waals surface area contributed by atoms with Gasteiger partial charge in [0, 0.05) is 9.35 Å². The van der Waals surface area contributed by atoms with Crippen LogP contribution in [0, 0.1) is 11.8 Å². The minimum Gasteiger partial charge on any atom is -0.277 e. The summed E-state index contributed by atoms with van der Waals surface area (Å²) in [7, 11) is 0. The second-order valence-corrected chi connectivity index (χ2v) is 6.49. The number of imide groups is 2. The van der Waals surface area contributed by atoms with E-state index in [2.05, 4.69) is 21.2 Å². The van der Waals surface area contributed by atoms with Crippen molar-refractivity contribution < 1.29 is 14.4 Å². The molecule has 102 valence electrons. The lowest BCUT2D eigenvalue weighted by Crippen LogP contribution is -2.58. The quantitative estimate of drug-likeness (QED) is 0.856. The second kappa shape index (κ2) is 5.42. The van der Waals surface area contributed by atoms with Gasteiger partial charge in [-0.1, -0.05) is 13.8 Å². The lowest BCUT2D eigenvalue weighted by atomic mass is 9.92. The molecule has 2 rings (SSSR count). The van der Waals surface area contributed by atoms with Gasteiger partial charge in [0.15, 0.2) is 0 Å². The summed E-state index contributed by atoms with van der Waals surface area (Å²) >= 11 is 4.81. The van der Waals surface area contributed by atoms with E-state index in [1.54, 1.807) is 13.8 Å². The van der Waals surface area contributed by atoms with Crippen LogP contribution in [0.4, 0.5) is 4.79 Å². The Labute approximate surface area is 123 Å². The van der Waals surface area contributed by atoms with Gasteiger partial charge in [-0.05, 0) is 33.3 Å². The molecule has 0 bridgehead atoms. The first-order chi connectivity index (χ1) is 8.91. The normalized spacial score (nSPS) is 20.1. The number of thiophene rings is 1. The lowest BCUT2D eigenvalue weighted by Gasteiger charge is -2.31. The van der Waals surface area contributed by atoms with Gasteiger partial charge in [-0.15, -0.1) is 11.3 Å². The predicted molar refractivity (Wildman–Crippen MR) is 74.4 cm³/mol. The van der Waals surface area contributed by atoms with E-state index in [1.165, 1.54) is 11.3 Å². The highest BCUT2D eigenvalue weighted by Crippen LogP contribution is 2.27. The monoisotopic (exact) mass is 344 g/mol. The average molecular weight is 345 g/mol. The van der Waals surface area contributed by atoms with Crippen molar-refractivity contribution in [1.29, 1.82) is 0 Å². The smallest absolute Gasteiger partial charge is 0.277 e. The first-order valence-corrected chi connectivity index (χ1v) is 7.47. The molecule has 19 heavy (non-hydrogen) atoms. The number of barbiturate groups is 1. The summed E-state index contributed by atoms with van der Waals surface area (Å²) in [6.45, 7) is 3.76. The van der Waals surface area contributed by atoms with Gasteiger partial charge in [0.05, 0.1) is 6.54 Å². The van der Waals surface area contributed by atoms with Crippen molar-refractivity contribution in [1.82, 2.24) is 10.2 Å². The molecule has 1 aromatic heterocycles. The zero-order valence-electron chi connectivity index (χ0n) is 10.5. The average Bonchev–Trinajstić information content (AvgIpc) is 2.69. The number of halogens is 1. The molecule has 1 fully saturated rings. The number of nitrogens with one attached hydrogen (secondary N) is 1. The van der Waals surface area contributed by atoms with E-state index >= 15 is 0 Å². The third kappa shape index (κ3) is 2.71. The van der Waals surface area contributed by atoms with Crippen molar-refractivity contribution in [2.75, 3.05) is 0 Å². The molecule has 1 saturated heterocycles. The first kappa shape index (κ1) is 14.2. The summed E-state index contributed by atoms with van der Waals surface area (Å²) in [6.07, 6.45) is 0. The van der Waals surface area contributed by atoms with Crippen molar-refractivity contribution in [2.45, 2.75) is 20.4 Å². The maximum Gasteiger partial charge on any atom is 0.331 e. The topological polar surface area (TPSA) is 66.5 Å². The predicted octanol–water partition coefficient (Wildman–Crippen LogP) is 2.36. The highest BCUT2D eigenvalue weighted by molar-refractivity contribution is 9.10. The molecule has 0 spiro atoms. The summed E-state index contributed by atoms with van der Waals surface area (Å²) in [5, 5.41) is 4.11. The van der Waals surface area contributed by atoms with Crippen LogP contribution < -0.4 is 5.32 Å². The Morgan fingerprint density at radius 2 is 2.11 bits per heavy atom. The van der Waals surface area contributed by atoms with Gasteiger partial charge in [-0.2, -0.15) is 0 Å². The van der Waals surface area contributed by atoms with Gasteiger partial charge in [0.1, 0.15) is 5.92 Å². The number of hydrogen-bond acceptors (Lipinski definition) is 4. The molecular formula is C12H13BrN2O3S. The number of carbonyl (C=O) groups is 3. The van der Waals surface area contributed by atoms with Crippen LogP contribution >= 0.6 is 27.3 Å². The number of hydrogen-bond donors (Lipinski definition) is 1. The maximum absolute atomic E-state index is 12.3. The van der Waals surface area contributed by atoms with Crippen molar-refractivity contribution in [3.63, 3.8) is 0 Å². The molecule has 7 heteroatoms. The number of carbonyl (C=O) groups excluding carboxylic acids is 3. The molecule has 1 unspecified atom stereocenters. The van der Waals surface area contributed by atoms with E-state index in [0.29, 0.717) is 0 Å². The van der Waals surface area contributed by atoms with Crippen LogP contribution in [0.3, 0.4) is 0 Å². The molecule has 0 aliphatic carbocycles. The van der Waals surface area contributed by atoms with E-state index in [4.69, 9.17) is 0 Å². The fraction of sp³-hybridized carbons (Fsp3) is 0.417. The van der Waals surface area contributed by atoms with E-state index < -0.39 is 23.8 Å². The highest BCUT2D eigenvalue weighted by Gasteiger charge is 2.42. The molecule has 1 aliphatic heterocycles. The SMILES string of the molecule is CC(C)C1C(=O)NC(=O)N(Cc2sccc2Br)C1=O. The molecule has 5 nitrogen and oxygen atoms in total. The molecule has 0 aromatic carbocycles. The Hall–Kier alpha value is -1.21. The van der Waals surface area contributed by atoms with Crippen molar-refractivity contribution in [3.8, 4) is 0 Å². The van der Waals surface area contributed by atoms with Gasteiger partial charge in [0.2, 0.25) is 11.8 Å². The Bertz CT molecular complexity index is 541. The van der Waals surface area contributed by atoms with Crippen LogP contribution in [-0.2, 0) is 16.1 Å².